The van der Waals surface area contributed by atoms with Crippen molar-refractivity contribution >= 4 is 39.6 Å². The van der Waals surface area contributed by atoms with Gasteiger partial charge in [0.2, 0.25) is 16.0 Å². The number of hydrogen-bond donors (Lipinski definition) is 3. The van der Waals surface area contributed by atoms with Crippen LogP contribution >= 0.6 is 0 Å². The van der Waals surface area contributed by atoms with Crippen LogP contribution in [0.2, 0.25) is 0 Å². The highest BCUT2D eigenvalue weighted by Gasteiger charge is 2.15. The summed E-state index contributed by atoms with van der Waals surface area (Å²) in [5.41, 5.74) is 2.53. The van der Waals surface area contributed by atoms with Crippen molar-refractivity contribution in [2.75, 3.05) is 23.7 Å². The Morgan fingerprint density at radius 1 is 0.966 bits per heavy atom. The van der Waals surface area contributed by atoms with Crippen LogP contribution in [0.25, 0.3) is 12.2 Å². The molecule has 3 N–H and O–H groups in total. The summed E-state index contributed by atoms with van der Waals surface area (Å²) in [6.07, 6.45) is 6.33. The smallest absolute Gasteiger partial charge is 0.240 e. The minimum atomic E-state index is -3.55. The Morgan fingerprint density at radius 3 is 2.69 bits per heavy atom. The van der Waals surface area contributed by atoms with E-state index in [4.69, 9.17) is 0 Å². The van der Waals surface area contributed by atoms with Crippen molar-refractivity contribution in [2.45, 2.75) is 11.3 Å². The van der Waals surface area contributed by atoms with E-state index in [-0.39, 0.29) is 4.90 Å². The van der Waals surface area contributed by atoms with Crippen molar-refractivity contribution in [3.63, 3.8) is 0 Å². The summed E-state index contributed by atoms with van der Waals surface area (Å²) in [5.74, 6) is 1.08. The summed E-state index contributed by atoms with van der Waals surface area (Å²) in [4.78, 5) is 9.17. The van der Waals surface area contributed by atoms with Gasteiger partial charge in [-0.2, -0.15) is 4.98 Å². The second-order valence-electron chi connectivity index (χ2n) is 6.57. The lowest BCUT2D eigenvalue weighted by Gasteiger charge is -2.11. The van der Waals surface area contributed by atoms with Gasteiger partial charge in [-0.1, -0.05) is 42.5 Å². The maximum Gasteiger partial charge on any atom is 0.240 e. The molecular formula is C21H21N5O2S. The van der Waals surface area contributed by atoms with E-state index in [0.29, 0.717) is 37.0 Å². The molecule has 2 heterocycles. The van der Waals surface area contributed by atoms with Gasteiger partial charge >= 0.3 is 0 Å². The van der Waals surface area contributed by atoms with Crippen molar-refractivity contribution in [3.05, 3.63) is 71.9 Å². The molecule has 29 heavy (non-hydrogen) atoms. The first-order chi connectivity index (χ1) is 14.1. The number of fused-ring (bicyclic) bond motifs is 4. The quantitative estimate of drug-likeness (QED) is 0.602. The highest BCUT2D eigenvalue weighted by molar-refractivity contribution is 7.89. The van der Waals surface area contributed by atoms with Gasteiger partial charge in [-0.3, -0.25) is 0 Å². The van der Waals surface area contributed by atoms with Crippen LogP contribution in [0.5, 0.6) is 0 Å². The molecule has 8 heteroatoms. The molecule has 1 aliphatic rings. The molecule has 3 aromatic rings. The van der Waals surface area contributed by atoms with E-state index in [1.165, 1.54) is 0 Å². The lowest BCUT2D eigenvalue weighted by atomic mass is 10.2. The van der Waals surface area contributed by atoms with Crippen LogP contribution < -0.4 is 15.4 Å². The van der Waals surface area contributed by atoms with Crippen molar-refractivity contribution in [1.29, 1.82) is 0 Å². The van der Waals surface area contributed by atoms with Crippen molar-refractivity contribution in [2.24, 2.45) is 0 Å². The number of hydrogen-bond acceptors (Lipinski definition) is 6. The highest BCUT2D eigenvalue weighted by Crippen LogP contribution is 2.22. The van der Waals surface area contributed by atoms with Gasteiger partial charge in [0.1, 0.15) is 5.82 Å². The van der Waals surface area contributed by atoms with E-state index < -0.39 is 10.0 Å². The molecule has 0 amide bonds. The van der Waals surface area contributed by atoms with Crippen LogP contribution in [0.1, 0.15) is 17.5 Å². The van der Waals surface area contributed by atoms with Crippen LogP contribution in [0.3, 0.4) is 0 Å². The van der Waals surface area contributed by atoms with Gasteiger partial charge in [0.15, 0.2) is 0 Å². The summed E-state index contributed by atoms with van der Waals surface area (Å²) >= 11 is 0. The fraction of sp³-hybridized carbons (Fsp3) is 0.143. The van der Waals surface area contributed by atoms with Gasteiger partial charge in [0, 0.05) is 30.5 Å². The second kappa shape index (κ2) is 8.42. The largest absolute Gasteiger partial charge is 0.369 e. The van der Waals surface area contributed by atoms with E-state index in [1.807, 2.05) is 42.5 Å². The molecule has 1 aliphatic heterocycles. The van der Waals surface area contributed by atoms with Gasteiger partial charge < -0.3 is 10.6 Å². The molecule has 148 valence electrons. The molecule has 7 nitrogen and oxygen atoms in total. The Kier molecular flexibility index (Phi) is 5.55. The number of benzene rings is 2. The Hall–Kier alpha value is -3.23. The SMILES string of the molecule is O=S1(=O)NCCCNc2nc(ncc2/C=C\c2ccccc2)Nc2cccc1c2. The first-order valence-electron chi connectivity index (χ1n) is 9.31. The molecule has 0 unspecified atom stereocenters. The summed E-state index contributed by atoms with van der Waals surface area (Å²) in [7, 11) is -3.55. The summed E-state index contributed by atoms with van der Waals surface area (Å²) in [6, 6.07) is 16.6. The Balaban J connectivity index is 1.66. The highest BCUT2D eigenvalue weighted by atomic mass is 32.2. The number of rotatable bonds is 2. The van der Waals surface area contributed by atoms with E-state index in [1.54, 1.807) is 30.5 Å². The summed E-state index contributed by atoms with van der Waals surface area (Å²) in [5, 5.41) is 6.37. The lowest BCUT2D eigenvalue weighted by molar-refractivity contribution is 0.580. The van der Waals surface area contributed by atoms with Gasteiger partial charge in [0.25, 0.3) is 0 Å². The first-order valence-corrected chi connectivity index (χ1v) is 10.8. The van der Waals surface area contributed by atoms with Gasteiger partial charge in [-0.05, 0) is 36.3 Å². The zero-order chi connectivity index (χ0) is 20.1. The van der Waals surface area contributed by atoms with Gasteiger partial charge in [-0.25, -0.2) is 18.1 Å². The average Bonchev–Trinajstić information content (AvgIpc) is 2.74. The Labute approximate surface area is 170 Å². The fourth-order valence-corrected chi connectivity index (χ4v) is 4.04. The third kappa shape index (κ3) is 4.79. The zero-order valence-corrected chi connectivity index (χ0v) is 16.5. The van der Waals surface area contributed by atoms with E-state index in [0.717, 1.165) is 11.1 Å². The van der Waals surface area contributed by atoms with Crippen LogP contribution in [0.4, 0.5) is 17.5 Å². The Bertz CT molecular complexity index is 1130. The molecule has 4 bridgehead atoms. The normalized spacial score (nSPS) is 16.0. The monoisotopic (exact) mass is 407 g/mol. The molecule has 0 spiro atoms. The number of sulfonamides is 1. The Morgan fingerprint density at radius 2 is 1.83 bits per heavy atom. The molecule has 0 atom stereocenters. The van der Waals surface area contributed by atoms with E-state index in [9.17, 15) is 8.42 Å². The number of nitrogens with zero attached hydrogens (tertiary/aromatic N) is 2. The van der Waals surface area contributed by atoms with Gasteiger partial charge in [-0.15, -0.1) is 0 Å². The predicted molar refractivity (Wildman–Crippen MR) is 115 cm³/mol. The van der Waals surface area contributed by atoms with Crippen LogP contribution in [0, 0.1) is 0 Å². The third-order valence-corrected chi connectivity index (χ3v) is 5.87. The van der Waals surface area contributed by atoms with Crippen molar-refractivity contribution < 1.29 is 8.42 Å². The molecule has 2 aromatic carbocycles. The standard InChI is InChI=1S/C21H21N5O2S/c27-29(28)19-9-4-8-18(14-19)25-21-23-15-17(11-10-16-6-2-1-3-7-16)20(26-21)22-12-5-13-24-29/h1-4,6-11,14-15,24H,5,12-13H2,(H2,22,23,25,26)/b11-10-. The van der Waals surface area contributed by atoms with Crippen LogP contribution in [-0.2, 0) is 10.0 Å². The predicted octanol–water partition coefficient (Wildman–Crippen LogP) is 3.48. The van der Waals surface area contributed by atoms with E-state index >= 15 is 0 Å². The van der Waals surface area contributed by atoms with Crippen molar-refractivity contribution in [3.8, 4) is 0 Å². The molecule has 0 radical (unpaired) electrons. The summed E-state index contributed by atoms with van der Waals surface area (Å²) < 4.78 is 27.5. The molecular weight excluding hydrogens is 386 g/mol. The van der Waals surface area contributed by atoms with Crippen LogP contribution in [-0.4, -0.2) is 31.5 Å². The minimum Gasteiger partial charge on any atom is -0.369 e. The lowest BCUT2D eigenvalue weighted by Crippen LogP contribution is -2.26. The molecule has 0 saturated heterocycles. The van der Waals surface area contributed by atoms with Crippen molar-refractivity contribution in [1.82, 2.24) is 14.7 Å². The molecule has 0 aliphatic carbocycles. The number of aromatic nitrogens is 2. The molecule has 0 saturated carbocycles. The molecule has 1 aromatic heterocycles. The maximum atomic E-state index is 12.4. The molecule has 0 fully saturated rings. The number of anilines is 3. The zero-order valence-electron chi connectivity index (χ0n) is 15.7. The number of nitrogens with one attached hydrogen (secondary N) is 3. The summed E-state index contributed by atoms with van der Waals surface area (Å²) in [6.45, 7) is 0.906. The maximum absolute atomic E-state index is 12.4. The second-order valence-corrected chi connectivity index (χ2v) is 8.34. The molecule has 4 rings (SSSR count). The fourth-order valence-electron chi connectivity index (χ4n) is 2.92. The van der Waals surface area contributed by atoms with Crippen LogP contribution in [0.15, 0.2) is 65.7 Å². The first kappa shape index (κ1) is 19.1. The average molecular weight is 407 g/mol. The van der Waals surface area contributed by atoms with Gasteiger partial charge in [0.05, 0.1) is 4.90 Å². The third-order valence-electron chi connectivity index (χ3n) is 4.41. The van der Waals surface area contributed by atoms with E-state index in [2.05, 4.69) is 25.3 Å². The minimum absolute atomic E-state index is 0.206. The topological polar surface area (TPSA) is 96.0 Å².